The maximum Gasteiger partial charge on any atom is 0.407 e. The minimum atomic E-state index is -1.04. The Labute approximate surface area is 159 Å². The van der Waals surface area contributed by atoms with Gasteiger partial charge < -0.3 is 15.2 Å². The predicted molar refractivity (Wildman–Crippen MR) is 104 cm³/mol. The van der Waals surface area contributed by atoms with E-state index in [4.69, 9.17) is 4.74 Å². The number of alkyl carbamates (subject to hydrolysis) is 1. The summed E-state index contributed by atoms with van der Waals surface area (Å²) in [6.45, 7) is 3.99. The number of amides is 1. The minimum Gasteiger partial charge on any atom is -0.480 e. The molecule has 3 rings (SSSR count). The summed E-state index contributed by atoms with van der Waals surface area (Å²) in [5, 5.41) is 11.9. The van der Waals surface area contributed by atoms with Crippen molar-refractivity contribution >= 4 is 12.1 Å². The topological polar surface area (TPSA) is 75.6 Å². The van der Waals surface area contributed by atoms with E-state index < -0.39 is 18.1 Å². The van der Waals surface area contributed by atoms with E-state index in [0.717, 1.165) is 35.1 Å². The van der Waals surface area contributed by atoms with Gasteiger partial charge in [0.05, 0.1) is 0 Å². The Bertz CT molecular complexity index is 787. The largest absolute Gasteiger partial charge is 0.480 e. The van der Waals surface area contributed by atoms with Gasteiger partial charge in [0.2, 0.25) is 0 Å². The van der Waals surface area contributed by atoms with E-state index in [2.05, 4.69) is 17.4 Å². The molecule has 0 aromatic heterocycles. The molecule has 2 N–H and O–H groups in total. The minimum absolute atomic E-state index is 0.0421. The van der Waals surface area contributed by atoms with Crippen LogP contribution in [0.1, 0.15) is 43.7 Å². The fourth-order valence-corrected chi connectivity index (χ4v) is 3.84. The summed E-state index contributed by atoms with van der Waals surface area (Å²) in [6.07, 6.45) is 0.894. The van der Waals surface area contributed by atoms with Crippen molar-refractivity contribution in [2.24, 2.45) is 5.92 Å². The first kappa shape index (κ1) is 19.0. The molecule has 5 heteroatoms. The van der Waals surface area contributed by atoms with Crippen LogP contribution in [-0.2, 0) is 9.53 Å². The number of fused-ring (bicyclic) bond motifs is 3. The molecule has 0 unspecified atom stereocenters. The van der Waals surface area contributed by atoms with E-state index in [1.165, 1.54) is 0 Å². The molecule has 5 nitrogen and oxygen atoms in total. The van der Waals surface area contributed by atoms with Crippen molar-refractivity contribution < 1.29 is 19.4 Å². The summed E-state index contributed by atoms with van der Waals surface area (Å²) >= 11 is 0. The van der Waals surface area contributed by atoms with Gasteiger partial charge in [-0.25, -0.2) is 9.59 Å². The van der Waals surface area contributed by atoms with E-state index in [1.807, 2.05) is 50.2 Å². The molecule has 2 atom stereocenters. The molecular weight excluding hydrogens is 342 g/mol. The highest BCUT2D eigenvalue weighted by atomic mass is 16.5. The van der Waals surface area contributed by atoms with Gasteiger partial charge in [0.25, 0.3) is 0 Å². The number of ether oxygens (including phenoxy) is 1. The standard InChI is InChI=1S/C22H25NO4/c1-3-8-14(2)20(21(24)25)23-22(26)27-13-19-17-11-6-4-9-15(17)16-10-5-7-12-18(16)19/h4-7,9-12,14,19-20H,3,8,13H2,1-2H3,(H,23,26)(H,24,25)/t14-,20+/m1/s1. The molecule has 0 aliphatic heterocycles. The lowest BCUT2D eigenvalue weighted by atomic mass is 9.97. The Hall–Kier alpha value is -2.82. The Balaban J connectivity index is 1.69. The van der Waals surface area contributed by atoms with Crippen LogP contribution in [0.25, 0.3) is 11.1 Å². The molecule has 0 radical (unpaired) electrons. The second-order valence-corrected chi connectivity index (χ2v) is 7.05. The lowest BCUT2D eigenvalue weighted by Gasteiger charge is -2.21. The van der Waals surface area contributed by atoms with E-state index in [-0.39, 0.29) is 18.4 Å². The molecule has 0 bridgehead atoms. The maximum atomic E-state index is 12.3. The van der Waals surface area contributed by atoms with Crippen LogP contribution in [-0.4, -0.2) is 29.8 Å². The molecule has 0 fully saturated rings. The number of hydrogen-bond donors (Lipinski definition) is 2. The number of nitrogens with one attached hydrogen (secondary N) is 1. The van der Waals surface area contributed by atoms with Crippen LogP contribution in [0.2, 0.25) is 0 Å². The molecule has 27 heavy (non-hydrogen) atoms. The van der Waals surface area contributed by atoms with Crippen LogP contribution in [0.15, 0.2) is 48.5 Å². The zero-order valence-electron chi connectivity index (χ0n) is 15.6. The zero-order valence-corrected chi connectivity index (χ0v) is 15.6. The van der Waals surface area contributed by atoms with Crippen molar-refractivity contribution in [3.63, 3.8) is 0 Å². The Morgan fingerprint density at radius 2 is 1.63 bits per heavy atom. The number of carbonyl (C=O) groups excluding carboxylic acids is 1. The van der Waals surface area contributed by atoms with Crippen LogP contribution in [0, 0.1) is 5.92 Å². The molecule has 2 aromatic carbocycles. The van der Waals surface area contributed by atoms with Gasteiger partial charge in [0.15, 0.2) is 0 Å². The maximum absolute atomic E-state index is 12.3. The van der Waals surface area contributed by atoms with Gasteiger partial charge >= 0.3 is 12.1 Å². The fraction of sp³-hybridized carbons (Fsp3) is 0.364. The van der Waals surface area contributed by atoms with Crippen molar-refractivity contribution in [3.05, 3.63) is 59.7 Å². The first-order valence-corrected chi connectivity index (χ1v) is 9.37. The van der Waals surface area contributed by atoms with Crippen molar-refractivity contribution in [1.29, 1.82) is 0 Å². The third-order valence-corrected chi connectivity index (χ3v) is 5.20. The molecule has 1 aliphatic rings. The van der Waals surface area contributed by atoms with Gasteiger partial charge in [-0.05, 0) is 34.6 Å². The summed E-state index contributed by atoms with van der Waals surface area (Å²) in [6, 6.07) is 15.2. The van der Waals surface area contributed by atoms with Gasteiger partial charge in [-0.15, -0.1) is 0 Å². The van der Waals surface area contributed by atoms with Gasteiger partial charge in [0.1, 0.15) is 12.6 Å². The Morgan fingerprint density at radius 3 is 2.15 bits per heavy atom. The molecule has 1 aliphatic carbocycles. The summed E-state index contributed by atoms with van der Waals surface area (Å²) in [4.78, 5) is 23.7. The van der Waals surface area contributed by atoms with Crippen LogP contribution in [0.4, 0.5) is 4.79 Å². The predicted octanol–water partition coefficient (Wildman–Crippen LogP) is 4.41. The van der Waals surface area contributed by atoms with Crippen LogP contribution >= 0.6 is 0 Å². The lowest BCUT2D eigenvalue weighted by Crippen LogP contribution is -2.45. The first-order chi connectivity index (χ1) is 13.0. The second kappa shape index (κ2) is 8.25. The van der Waals surface area contributed by atoms with E-state index in [1.54, 1.807) is 0 Å². The number of carbonyl (C=O) groups is 2. The summed E-state index contributed by atoms with van der Waals surface area (Å²) < 4.78 is 5.44. The highest BCUT2D eigenvalue weighted by Crippen LogP contribution is 2.44. The highest BCUT2D eigenvalue weighted by molar-refractivity contribution is 5.81. The van der Waals surface area contributed by atoms with Crippen molar-refractivity contribution in [3.8, 4) is 11.1 Å². The van der Waals surface area contributed by atoms with E-state index in [0.29, 0.717) is 0 Å². The summed E-state index contributed by atoms with van der Waals surface area (Å²) in [5.74, 6) is -1.24. The zero-order chi connectivity index (χ0) is 19.4. The van der Waals surface area contributed by atoms with Gasteiger partial charge in [-0.1, -0.05) is 68.8 Å². The Morgan fingerprint density at radius 1 is 1.07 bits per heavy atom. The fourth-order valence-electron chi connectivity index (χ4n) is 3.84. The monoisotopic (exact) mass is 367 g/mol. The van der Waals surface area contributed by atoms with Gasteiger partial charge in [-0.2, -0.15) is 0 Å². The van der Waals surface area contributed by atoms with E-state index in [9.17, 15) is 14.7 Å². The number of hydrogen-bond acceptors (Lipinski definition) is 3. The first-order valence-electron chi connectivity index (χ1n) is 9.37. The van der Waals surface area contributed by atoms with Crippen LogP contribution in [0.5, 0.6) is 0 Å². The van der Waals surface area contributed by atoms with Crippen molar-refractivity contribution in [2.75, 3.05) is 6.61 Å². The lowest BCUT2D eigenvalue weighted by molar-refractivity contribution is -0.140. The van der Waals surface area contributed by atoms with Crippen molar-refractivity contribution in [2.45, 2.75) is 38.6 Å². The number of carboxylic acids is 1. The Kier molecular flexibility index (Phi) is 5.79. The summed E-state index contributed by atoms with van der Waals surface area (Å²) in [7, 11) is 0. The smallest absolute Gasteiger partial charge is 0.407 e. The molecule has 142 valence electrons. The molecule has 2 aromatic rings. The summed E-state index contributed by atoms with van der Waals surface area (Å²) in [5.41, 5.74) is 4.56. The van der Waals surface area contributed by atoms with Crippen molar-refractivity contribution in [1.82, 2.24) is 5.32 Å². The third kappa shape index (κ3) is 3.97. The third-order valence-electron chi connectivity index (χ3n) is 5.20. The number of carboxylic acid groups (broad SMARTS) is 1. The second-order valence-electron chi connectivity index (χ2n) is 7.05. The number of rotatable bonds is 7. The van der Waals surface area contributed by atoms with Crippen LogP contribution in [0.3, 0.4) is 0 Å². The molecule has 1 amide bonds. The average molecular weight is 367 g/mol. The quantitative estimate of drug-likeness (QED) is 0.760. The number of aliphatic carboxylic acids is 1. The molecule has 0 saturated carbocycles. The molecule has 0 heterocycles. The molecular formula is C22H25NO4. The molecule has 0 spiro atoms. The normalized spacial score (nSPS) is 14.7. The van der Waals surface area contributed by atoms with E-state index >= 15 is 0 Å². The number of benzene rings is 2. The average Bonchev–Trinajstić information content (AvgIpc) is 2.98. The van der Waals surface area contributed by atoms with Gasteiger partial charge in [0, 0.05) is 5.92 Å². The SMILES string of the molecule is CCC[C@@H](C)[C@H](NC(=O)OCC1c2ccccc2-c2ccccc21)C(=O)O. The highest BCUT2D eigenvalue weighted by Gasteiger charge is 2.30. The van der Waals surface area contributed by atoms with Gasteiger partial charge in [-0.3, -0.25) is 0 Å². The van der Waals surface area contributed by atoms with Crippen LogP contribution < -0.4 is 5.32 Å². The molecule has 0 saturated heterocycles.